The molecule has 1 atom stereocenters. The van der Waals surface area contributed by atoms with E-state index in [0.29, 0.717) is 35.1 Å². The second-order valence-electron chi connectivity index (χ2n) is 9.37. The molecule has 0 aromatic heterocycles. The van der Waals surface area contributed by atoms with Crippen molar-refractivity contribution in [1.29, 1.82) is 0 Å². The van der Waals surface area contributed by atoms with Crippen LogP contribution in [0, 0.1) is 6.92 Å². The molecule has 3 N–H and O–H groups in total. The molecule has 0 bridgehead atoms. The fourth-order valence-electron chi connectivity index (χ4n) is 4.24. The lowest BCUT2D eigenvalue weighted by Crippen LogP contribution is -2.48. The number of carbonyl (C=O) groups excluding carboxylic acids is 2. The van der Waals surface area contributed by atoms with Crippen molar-refractivity contribution in [1.82, 2.24) is 10.6 Å². The molecule has 0 fully saturated rings. The molecule has 8 heteroatoms. The zero-order valence-corrected chi connectivity index (χ0v) is 23.9. The molecule has 0 radical (unpaired) electrons. The average Bonchev–Trinajstić information content (AvgIpc) is 2.97. The van der Waals surface area contributed by atoms with Crippen molar-refractivity contribution < 1.29 is 14.3 Å². The Morgan fingerprint density at radius 3 is 2.33 bits per heavy atom. The molecular weight excluding hydrogens is 545 g/mol. The molecule has 0 aliphatic carbocycles. The van der Waals surface area contributed by atoms with Crippen molar-refractivity contribution in [3.63, 3.8) is 0 Å². The highest BCUT2D eigenvalue weighted by atomic mass is 35.5. The number of methoxy groups -OCH3 is 1. The van der Waals surface area contributed by atoms with Crippen LogP contribution in [0.4, 0.5) is 5.69 Å². The van der Waals surface area contributed by atoms with Gasteiger partial charge in [-0.15, -0.1) is 0 Å². The summed E-state index contributed by atoms with van der Waals surface area (Å²) in [6, 6.07) is 27.1. The maximum absolute atomic E-state index is 13.2. The van der Waals surface area contributed by atoms with Gasteiger partial charge in [0.05, 0.1) is 7.11 Å². The summed E-state index contributed by atoms with van der Waals surface area (Å²) in [4.78, 5) is 26.3. The SMILES string of the molecule is COc1ccc(NCCNC(=O)C(Cc2ccc(-c3cc(Cl)ccc3Cl)cc2)NC(=O)c2cccc(C)c2)cc1. The van der Waals surface area contributed by atoms with Crippen LogP contribution in [0.2, 0.25) is 10.0 Å². The lowest BCUT2D eigenvalue weighted by atomic mass is 10.00. The van der Waals surface area contributed by atoms with Gasteiger partial charge in [-0.2, -0.15) is 0 Å². The van der Waals surface area contributed by atoms with Crippen LogP contribution in [0.25, 0.3) is 11.1 Å². The molecule has 0 aliphatic heterocycles. The van der Waals surface area contributed by atoms with Crippen LogP contribution in [0.1, 0.15) is 21.5 Å². The number of hydrogen-bond acceptors (Lipinski definition) is 4. The fraction of sp³-hybridized carbons (Fsp3) is 0.188. The Balaban J connectivity index is 1.43. The molecule has 40 heavy (non-hydrogen) atoms. The largest absolute Gasteiger partial charge is 0.497 e. The standard InChI is InChI=1S/C32H31Cl2N3O3/c1-21-4-3-5-24(18-21)31(38)37-30(32(39)36-17-16-35-26-11-13-27(40-2)14-12-26)19-22-6-8-23(9-7-22)28-20-25(33)10-15-29(28)34/h3-15,18,20,30,35H,16-17,19H2,1-2H3,(H,36,39)(H,37,38). The molecule has 1 unspecified atom stereocenters. The zero-order valence-electron chi connectivity index (χ0n) is 22.3. The summed E-state index contributed by atoms with van der Waals surface area (Å²) in [5.74, 6) is 0.205. The molecule has 2 amide bonds. The van der Waals surface area contributed by atoms with Gasteiger partial charge in [0.15, 0.2) is 0 Å². The maximum Gasteiger partial charge on any atom is 0.251 e. The van der Waals surface area contributed by atoms with Crippen molar-refractivity contribution in [2.75, 3.05) is 25.5 Å². The lowest BCUT2D eigenvalue weighted by molar-refractivity contribution is -0.122. The Kier molecular flexibility index (Phi) is 10.1. The molecule has 4 aromatic rings. The first-order valence-corrected chi connectivity index (χ1v) is 13.7. The summed E-state index contributed by atoms with van der Waals surface area (Å²) in [5, 5.41) is 10.3. The average molecular weight is 577 g/mol. The molecule has 0 saturated carbocycles. The third-order valence-electron chi connectivity index (χ3n) is 6.38. The molecule has 4 rings (SSSR count). The van der Waals surface area contributed by atoms with Gasteiger partial charge in [0.1, 0.15) is 11.8 Å². The summed E-state index contributed by atoms with van der Waals surface area (Å²) in [6.45, 7) is 2.82. The second kappa shape index (κ2) is 13.9. The predicted octanol–water partition coefficient (Wildman–Crippen LogP) is 6.55. The Morgan fingerprint density at radius 2 is 1.62 bits per heavy atom. The number of amides is 2. The summed E-state index contributed by atoms with van der Waals surface area (Å²) < 4.78 is 5.18. The number of rotatable bonds is 11. The zero-order chi connectivity index (χ0) is 28.5. The first-order valence-electron chi connectivity index (χ1n) is 12.9. The number of ether oxygens (including phenoxy) is 1. The Morgan fingerprint density at radius 1 is 0.875 bits per heavy atom. The van der Waals surface area contributed by atoms with Crippen molar-refractivity contribution in [3.05, 3.63) is 118 Å². The van der Waals surface area contributed by atoms with Crippen LogP contribution in [0.3, 0.4) is 0 Å². The van der Waals surface area contributed by atoms with Crippen LogP contribution in [-0.4, -0.2) is 38.1 Å². The smallest absolute Gasteiger partial charge is 0.251 e. The van der Waals surface area contributed by atoms with Gasteiger partial charge < -0.3 is 20.7 Å². The summed E-state index contributed by atoms with van der Waals surface area (Å²) >= 11 is 12.5. The first kappa shape index (κ1) is 29.0. The van der Waals surface area contributed by atoms with E-state index in [4.69, 9.17) is 27.9 Å². The van der Waals surface area contributed by atoms with E-state index in [1.54, 1.807) is 31.4 Å². The Hall–Kier alpha value is -4.00. The number of hydrogen-bond donors (Lipinski definition) is 3. The van der Waals surface area contributed by atoms with E-state index in [1.807, 2.05) is 73.7 Å². The van der Waals surface area contributed by atoms with Crippen LogP contribution >= 0.6 is 23.2 Å². The number of benzene rings is 4. The quantitative estimate of drug-likeness (QED) is 0.177. The van der Waals surface area contributed by atoms with Gasteiger partial charge in [-0.25, -0.2) is 0 Å². The third-order valence-corrected chi connectivity index (χ3v) is 6.94. The number of halogens is 2. The number of anilines is 1. The minimum Gasteiger partial charge on any atom is -0.497 e. The molecule has 0 heterocycles. The number of carbonyl (C=O) groups is 2. The van der Waals surface area contributed by atoms with E-state index in [9.17, 15) is 9.59 Å². The molecular formula is C32H31Cl2N3O3. The van der Waals surface area contributed by atoms with Gasteiger partial charge in [0, 0.05) is 46.4 Å². The molecule has 4 aromatic carbocycles. The van der Waals surface area contributed by atoms with Gasteiger partial charge in [-0.05, 0) is 72.6 Å². The number of nitrogens with one attached hydrogen (secondary N) is 3. The summed E-state index contributed by atoms with van der Waals surface area (Å²) in [5.41, 5.74) is 5.01. The molecule has 0 aliphatic rings. The highest BCUT2D eigenvalue weighted by molar-refractivity contribution is 6.35. The summed E-state index contributed by atoms with van der Waals surface area (Å²) in [7, 11) is 1.62. The van der Waals surface area contributed by atoms with E-state index < -0.39 is 6.04 Å². The van der Waals surface area contributed by atoms with Crippen molar-refractivity contribution >= 4 is 40.7 Å². The van der Waals surface area contributed by atoms with E-state index >= 15 is 0 Å². The normalized spacial score (nSPS) is 11.4. The van der Waals surface area contributed by atoms with Crippen molar-refractivity contribution in [2.24, 2.45) is 0 Å². The van der Waals surface area contributed by atoms with E-state index in [1.165, 1.54) is 0 Å². The van der Waals surface area contributed by atoms with E-state index in [0.717, 1.165) is 33.7 Å². The van der Waals surface area contributed by atoms with Crippen molar-refractivity contribution in [3.8, 4) is 16.9 Å². The molecule has 0 saturated heterocycles. The van der Waals surface area contributed by atoms with E-state index in [-0.39, 0.29) is 11.8 Å². The van der Waals surface area contributed by atoms with Gasteiger partial charge in [0.2, 0.25) is 5.91 Å². The minimum absolute atomic E-state index is 0.264. The first-order chi connectivity index (χ1) is 19.3. The molecule has 0 spiro atoms. The fourth-order valence-corrected chi connectivity index (χ4v) is 4.64. The van der Waals surface area contributed by atoms with Crippen LogP contribution < -0.4 is 20.7 Å². The van der Waals surface area contributed by atoms with Gasteiger partial charge >= 0.3 is 0 Å². The van der Waals surface area contributed by atoms with Gasteiger partial charge in [-0.3, -0.25) is 9.59 Å². The molecule has 206 valence electrons. The lowest BCUT2D eigenvalue weighted by Gasteiger charge is -2.19. The highest BCUT2D eigenvalue weighted by Gasteiger charge is 2.22. The number of aryl methyl sites for hydroxylation is 1. The van der Waals surface area contributed by atoms with E-state index in [2.05, 4.69) is 16.0 Å². The van der Waals surface area contributed by atoms with Crippen LogP contribution in [0.5, 0.6) is 5.75 Å². The van der Waals surface area contributed by atoms with Crippen molar-refractivity contribution in [2.45, 2.75) is 19.4 Å². The summed E-state index contributed by atoms with van der Waals surface area (Å²) in [6.07, 6.45) is 0.318. The van der Waals surface area contributed by atoms with Crippen LogP contribution in [-0.2, 0) is 11.2 Å². The Bertz CT molecular complexity index is 1460. The monoisotopic (exact) mass is 575 g/mol. The van der Waals surface area contributed by atoms with Gasteiger partial charge in [0.25, 0.3) is 5.91 Å². The predicted molar refractivity (Wildman–Crippen MR) is 163 cm³/mol. The topological polar surface area (TPSA) is 79.5 Å². The minimum atomic E-state index is -0.769. The highest BCUT2D eigenvalue weighted by Crippen LogP contribution is 2.30. The maximum atomic E-state index is 13.2. The second-order valence-corrected chi connectivity index (χ2v) is 10.2. The molecule has 6 nitrogen and oxygen atoms in total. The third kappa shape index (κ3) is 8.01. The van der Waals surface area contributed by atoms with Crippen LogP contribution in [0.15, 0.2) is 91.0 Å². The Labute approximate surface area is 244 Å². The van der Waals surface area contributed by atoms with Gasteiger partial charge in [-0.1, -0.05) is 65.2 Å².